The molecule has 0 saturated heterocycles. The number of nitrogens with zero attached hydrogens (tertiary/aromatic N) is 3. The maximum Gasteiger partial charge on any atom is 0.157 e. The lowest BCUT2D eigenvalue weighted by Gasteiger charge is -1.93. The Labute approximate surface area is 68.8 Å². The summed E-state index contributed by atoms with van der Waals surface area (Å²) in [4.78, 5) is 14.5. The van der Waals surface area contributed by atoms with Crippen molar-refractivity contribution in [1.82, 2.24) is 14.6 Å². The maximum absolute atomic E-state index is 10.4. The fourth-order valence-electron chi connectivity index (χ4n) is 1.07. The van der Waals surface area contributed by atoms with E-state index in [0.717, 1.165) is 17.5 Å². The molecule has 0 radical (unpaired) electrons. The summed E-state index contributed by atoms with van der Waals surface area (Å²) in [5.41, 5.74) is 2.33. The Morgan fingerprint density at radius 3 is 3.08 bits per heavy atom. The van der Waals surface area contributed by atoms with Crippen LogP contribution in [0.5, 0.6) is 0 Å². The molecule has 4 nitrogen and oxygen atoms in total. The highest BCUT2D eigenvalue weighted by Gasteiger charge is 2.00. The quantitative estimate of drug-likeness (QED) is 0.582. The molecule has 0 fully saturated rings. The van der Waals surface area contributed by atoms with Crippen molar-refractivity contribution in [1.29, 1.82) is 0 Å². The van der Waals surface area contributed by atoms with Gasteiger partial charge in [-0.15, -0.1) is 0 Å². The molecule has 0 saturated carbocycles. The Balaban J connectivity index is 2.77. The Bertz CT molecular complexity index is 433. The molecule has 2 aromatic heterocycles. The third kappa shape index (κ3) is 0.887. The molecule has 0 aromatic carbocycles. The molecule has 0 spiro atoms. The second-order valence-electron chi connectivity index (χ2n) is 2.60. The zero-order valence-corrected chi connectivity index (χ0v) is 6.56. The Hall–Kier alpha value is -1.71. The van der Waals surface area contributed by atoms with E-state index in [1.165, 1.54) is 6.20 Å². The van der Waals surface area contributed by atoms with E-state index in [1.807, 2.05) is 6.92 Å². The van der Waals surface area contributed by atoms with Crippen LogP contribution in [0, 0.1) is 6.92 Å². The highest BCUT2D eigenvalue weighted by Crippen LogP contribution is 2.05. The molecule has 0 bridgehead atoms. The van der Waals surface area contributed by atoms with Gasteiger partial charge in [-0.25, -0.2) is 9.50 Å². The van der Waals surface area contributed by atoms with E-state index >= 15 is 0 Å². The number of fused-ring (bicyclic) bond motifs is 1. The lowest BCUT2D eigenvalue weighted by Crippen LogP contribution is -1.93. The Morgan fingerprint density at radius 2 is 2.33 bits per heavy atom. The van der Waals surface area contributed by atoms with E-state index < -0.39 is 0 Å². The average molecular weight is 161 g/mol. The molecular weight excluding hydrogens is 154 g/mol. The van der Waals surface area contributed by atoms with E-state index in [-0.39, 0.29) is 0 Å². The smallest absolute Gasteiger partial charge is 0.157 e. The first-order valence-corrected chi connectivity index (χ1v) is 3.56. The molecule has 0 N–H and O–H groups in total. The summed E-state index contributed by atoms with van der Waals surface area (Å²) in [6.45, 7) is 1.93. The molecule has 60 valence electrons. The van der Waals surface area contributed by atoms with Crippen molar-refractivity contribution in [2.45, 2.75) is 6.92 Å². The fourth-order valence-corrected chi connectivity index (χ4v) is 1.07. The summed E-state index contributed by atoms with van der Waals surface area (Å²) in [5.74, 6) is 0. The predicted octanol–water partition coefficient (Wildman–Crippen LogP) is 0.850. The fraction of sp³-hybridized carbons (Fsp3) is 0.125. The lowest BCUT2D eigenvalue weighted by atomic mass is 10.3. The van der Waals surface area contributed by atoms with Gasteiger partial charge in [0.2, 0.25) is 0 Å². The van der Waals surface area contributed by atoms with Gasteiger partial charge in [0.15, 0.2) is 11.9 Å². The number of carbonyl (C=O) groups is 1. The summed E-state index contributed by atoms with van der Waals surface area (Å²) in [6.07, 6.45) is 5.67. The van der Waals surface area contributed by atoms with Crippen LogP contribution >= 0.6 is 0 Å². The zero-order chi connectivity index (χ0) is 8.55. The van der Waals surface area contributed by atoms with Crippen molar-refractivity contribution in [2.75, 3.05) is 0 Å². The van der Waals surface area contributed by atoms with E-state index in [0.29, 0.717) is 5.56 Å². The normalized spacial score (nSPS) is 10.4. The van der Waals surface area contributed by atoms with Crippen LogP contribution in [0.25, 0.3) is 5.65 Å². The summed E-state index contributed by atoms with van der Waals surface area (Å²) >= 11 is 0. The molecule has 0 aliphatic carbocycles. The molecule has 0 amide bonds. The molecule has 0 aliphatic heterocycles. The van der Waals surface area contributed by atoms with Gasteiger partial charge in [0.05, 0.1) is 11.8 Å². The van der Waals surface area contributed by atoms with Crippen LogP contribution in [0.15, 0.2) is 18.6 Å². The van der Waals surface area contributed by atoms with Gasteiger partial charge in [0, 0.05) is 18.0 Å². The molecule has 2 rings (SSSR count). The van der Waals surface area contributed by atoms with E-state index in [4.69, 9.17) is 0 Å². The highest BCUT2D eigenvalue weighted by atomic mass is 16.1. The van der Waals surface area contributed by atoms with E-state index in [2.05, 4.69) is 10.1 Å². The molecule has 0 unspecified atom stereocenters. The summed E-state index contributed by atoms with van der Waals surface area (Å²) in [5, 5.41) is 4.02. The molecule has 0 aliphatic rings. The summed E-state index contributed by atoms with van der Waals surface area (Å²) < 4.78 is 1.60. The molecule has 2 heterocycles. The third-order valence-electron chi connectivity index (χ3n) is 1.69. The van der Waals surface area contributed by atoms with Crippen molar-refractivity contribution < 1.29 is 4.79 Å². The first-order chi connectivity index (χ1) is 5.81. The van der Waals surface area contributed by atoms with Crippen molar-refractivity contribution in [3.8, 4) is 0 Å². The van der Waals surface area contributed by atoms with Crippen LogP contribution in [0.1, 0.15) is 15.9 Å². The van der Waals surface area contributed by atoms with Crippen molar-refractivity contribution in [2.24, 2.45) is 0 Å². The van der Waals surface area contributed by atoms with Crippen LogP contribution in [0.2, 0.25) is 0 Å². The predicted molar refractivity (Wildman–Crippen MR) is 43.1 cm³/mol. The molecule has 4 heteroatoms. The van der Waals surface area contributed by atoms with Gasteiger partial charge in [-0.2, -0.15) is 5.10 Å². The number of aldehydes is 1. The van der Waals surface area contributed by atoms with Crippen LogP contribution in [-0.4, -0.2) is 20.9 Å². The van der Waals surface area contributed by atoms with Crippen LogP contribution in [-0.2, 0) is 0 Å². The van der Waals surface area contributed by atoms with Crippen molar-refractivity contribution in [3.63, 3.8) is 0 Å². The maximum atomic E-state index is 10.4. The second kappa shape index (κ2) is 2.41. The van der Waals surface area contributed by atoms with Gasteiger partial charge >= 0.3 is 0 Å². The number of rotatable bonds is 1. The first kappa shape index (κ1) is 6.97. The number of aromatic nitrogens is 3. The second-order valence-corrected chi connectivity index (χ2v) is 2.60. The largest absolute Gasteiger partial charge is 0.298 e. The number of hydrogen-bond donors (Lipinski definition) is 0. The van der Waals surface area contributed by atoms with Gasteiger partial charge in [-0.3, -0.25) is 4.79 Å². The molecular formula is C8H7N3O. The van der Waals surface area contributed by atoms with E-state index in [1.54, 1.807) is 16.9 Å². The third-order valence-corrected chi connectivity index (χ3v) is 1.69. The molecule has 2 aromatic rings. The highest BCUT2D eigenvalue weighted by molar-refractivity contribution is 5.74. The minimum atomic E-state index is 0.533. The van der Waals surface area contributed by atoms with Gasteiger partial charge in [-0.1, -0.05) is 0 Å². The van der Waals surface area contributed by atoms with Crippen LogP contribution in [0.3, 0.4) is 0 Å². The number of hydrogen-bond acceptors (Lipinski definition) is 3. The Morgan fingerprint density at radius 1 is 1.50 bits per heavy atom. The van der Waals surface area contributed by atoms with Gasteiger partial charge in [-0.05, 0) is 6.92 Å². The minimum Gasteiger partial charge on any atom is -0.298 e. The van der Waals surface area contributed by atoms with Crippen LogP contribution in [0.4, 0.5) is 0 Å². The van der Waals surface area contributed by atoms with Crippen LogP contribution < -0.4 is 0 Å². The summed E-state index contributed by atoms with van der Waals surface area (Å²) in [7, 11) is 0. The molecule has 0 atom stereocenters. The van der Waals surface area contributed by atoms with Gasteiger partial charge in [0.1, 0.15) is 0 Å². The minimum absolute atomic E-state index is 0.533. The van der Waals surface area contributed by atoms with E-state index in [9.17, 15) is 4.79 Å². The van der Waals surface area contributed by atoms with Crippen molar-refractivity contribution in [3.05, 3.63) is 29.7 Å². The number of aryl methyl sites for hydroxylation is 1. The van der Waals surface area contributed by atoms with Crippen molar-refractivity contribution >= 4 is 11.9 Å². The SMILES string of the molecule is Cc1cnn2cc(C=O)cnc12. The molecule has 12 heavy (non-hydrogen) atoms. The Kier molecular flexibility index (Phi) is 1.40. The number of carbonyl (C=O) groups excluding carboxylic acids is 1. The zero-order valence-electron chi connectivity index (χ0n) is 6.56. The first-order valence-electron chi connectivity index (χ1n) is 3.56. The monoisotopic (exact) mass is 161 g/mol. The van der Waals surface area contributed by atoms with Gasteiger partial charge in [0.25, 0.3) is 0 Å². The lowest BCUT2D eigenvalue weighted by molar-refractivity contribution is 0.112. The topological polar surface area (TPSA) is 47.3 Å². The van der Waals surface area contributed by atoms with Gasteiger partial charge < -0.3 is 0 Å². The standard InChI is InChI=1S/C8H7N3O/c1-6-2-10-11-4-7(5-12)3-9-8(6)11/h2-5H,1H3. The summed E-state index contributed by atoms with van der Waals surface area (Å²) in [6, 6.07) is 0. The average Bonchev–Trinajstić information content (AvgIpc) is 2.47.